The Bertz CT molecular complexity index is 720. The molecule has 9 heteroatoms. The van der Waals surface area contributed by atoms with Crippen molar-refractivity contribution in [2.75, 3.05) is 12.8 Å². The van der Waals surface area contributed by atoms with Crippen LogP contribution in [0.3, 0.4) is 0 Å². The molecule has 0 saturated carbocycles. The molecule has 2 rings (SSSR count). The van der Waals surface area contributed by atoms with E-state index in [2.05, 4.69) is 5.32 Å². The van der Waals surface area contributed by atoms with E-state index in [0.29, 0.717) is 10.0 Å². The van der Waals surface area contributed by atoms with Crippen molar-refractivity contribution in [3.63, 3.8) is 0 Å². The van der Waals surface area contributed by atoms with Crippen molar-refractivity contribution in [2.24, 2.45) is 0 Å². The van der Waals surface area contributed by atoms with E-state index in [9.17, 15) is 14.5 Å². The smallest absolute Gasteiger partial charge is 0.444 e. The molecule has 0 fully saturated rings. The molecule has 24 heavy (non-hydrogen) atoms. The Morgan fingerprint density at radius 1 is 1.04 bits per heavy atom. The highest BCUT2D eigenvalue weighted by molar-refractivity contribution is 7.54. The second-order valence-corrected chi connectivity index (χ2v) is 7.44. The van der Waals surface area contributed by atoms with Crippen molar-refractivity contribution in [2.45, 2.75) is 0 Å². The molecule has 128 valence electrons. The van der Waals surface area contributed by atoms with Gasteiger partial charge in [-0.25, -0.2) is 4.57 Å². The predicted octanol–water partition coefficient (Wildman–Crippen LogP) is 2.94. The van der Waals surface area contributed by atoms with Gasteiger partial charge < -0.3 is 18.9 Å². The Morgan fingerprint density at radius 3 is 1.96 bits per heavy atom. The second-order valence-electron chi connectivity index (χ2n) is 4.67. The first-order valence-electron chi connectivity index (χ1n) is 6.76. The lowest BCUT2D eigenvalue weighted by atomic mass is 10.3. The van der Waals surface area contributed by atoms with Crippen molar-refractivity contribution >= 4 is 36.8 Å². The number of benzene rings is 2. The number of halogens is 2. The van der Waals surface area contributed by atoms with Crippen LogP contribution in [0.15, 0.2) is 48.5 Å². The van der Waals surface area contributed by atoms with Gasteiger partial charge in [0, 0.05) is 16.6 Å². The summed E-state index contributed by atoms with van der Waals surface area (Å²) in [4.78, 5) is 10.5. The number of nitrogens with one attached hydrogen (secondary N) is 1. The standard InChI is InChI=1S/C15H14Cl2NO5P/c16-11-3-1-5-13(7-11)22-24(21,10-18-9-15(19)20)23-14-6-2-4-12(17)8-14/h1-8,18H,9-10H2,(H,19,20)/p-1. The van der Waals surface area contributed by atoms with Crippen LogP contribution in [0.25, 0.3) is 0 Å². The summed E-state index contributed by atoms with van der Waals surface area (Å²) < 4.78 is 23.8. The third-order valence-electron chi connectivity index (χ3n) is 2.66. The van der Waals surface area contributed by atoms with Crippen molar-refractivity contribution in [1.29, 1.82) is 0 Å². The summed E-state index contributed by atoms with van der Waals surface area (Å²) in [6.07, 6.45) is -0.347. The van der Waals surface area contributed by atoms with Gasteiger partial charge in [0.15, 0.2) is 0 Å². The fourth-order valence-corrected chi connectivity index (χ4v) is 3.53. The lowest BCUT2D eigenvalue weighted by Crippen LogP contribution is -2.35. The highest BCUT2D eigenvalue weighted by Gasteiger charge is 2.28. The largest absolute Gasteiger partial charge is 0.549 e. The summed E-state index contributed by atoms with van der Waals surface area (Å²) >= 11 is 11.7. The van der Waals surface area contributed by atoms with Gasteiger partial charge in [0.2, 0.25) is 0 Å². The molecule has 0 aliphatic heterocycles. The first-order valence-corrected chi connectivity index (χ1v) is 9.25. The number of hydrogen-bond acceptors (Lipinski definition) is 6. The Morgan fingerprint density at radius 2 is 1.54 bits per heavy atom. The molecule has 0 unspecified atom stereocenters. The zero-order valence-electron chi connectivity index (χ0n) is 12.3. The SMILES string of the molecule is O=C([O-])CNCP(=O)(Oc1cccc(Cl)c1)Oc1cccc(Cl)c1. The van der Waals surface area contributed by atoms with E-state index < -0.39 is 20.1 Å². The van der Waals surface area contributed by atoms with Crippen LogP contribution in [-0.4, -0.2) is 18.8 Å². The van der Waals surface area contributed by atoms with Crippen LogP contribution in [0.2, 0.25) is 10.0 Å². The minimum Gasteiger partial charge on any atom is -0.549 e. The molecular formula is C15H13Cl2NO5P-. The Kier molecular flexibility index (Phi) is 6.52. The van der Waals surface area contributed by atoms with Gasteiger partial charge in [-0.2, -0.15) is 0 Å². The van der Waals surface area contributed by atoms with Crippen LogP contribution in [-0.2, 0) is 9.36 Å². The molecule has 0 bridgehead atoms. The number of hydrogen-bond donors (Lipinski definition) is 1. The molecule has 0 radical (unpaired) electrons. The molecule has 0 spiro atoms. The molecule has 0 aliphatic carbocycles. The van der Waals surface area contributed by atoms with Crippen molar-refractivity contribution in [3.05, 3.63) is 58.6 Å². The summed E-state index contributed by atoms with van der Waals surface area (Å²) in [5.74, 6) is -0.890. The van der Waals surface area contributed by atoms with Gasteiger partial charge in [-0.3, -0.25) is 5.32 Å². The van der Waals surface area contributed by atoms with Crippen LogP contribution in [0.5, 0.6) is 11.5 Å². The van der Waals surface area contributed by atoms with Crippen LogP contribution in [0.1, 0.15) is 0 Å². The molecule has 0 heterocycles. The quantitative estimate of drug-likeness (QED) is 0.699. The maximum absolute atomic E-state index is 12.9. The molecule has 6 nitrogen and oxygen atoms in total. The predicted molar refractivity (Wildman–Crippen MR) is 89.6 cm³/mol. The molecule has 0 amide bonds. The second kappa shape index (κ2) is 8.40. The zero-order chi connectivity index (χ0) is 17.6. The highest BCUT2D eigenvalue weighted by atomic mass is 35.5. The van der Waals surface area contributed by atoms with E-state index in [0.717, 1.165) is 0 Å². The fraction of sp³-hybridized carbons (Fsp3) is 0.133. The third kappa shape index (κ3) is 6.06. The molecule has 1 N–H and O–H groups in total. The maximum Gasteiger partial charge on any atom is 0.444 e. The molecule has 0 saturated heterocycles. The van der Waals surface area contributed by atoms with Crippen LogP contribution < -0.4 is 19.5 Å². The Labute approximate surface area is 148 Å². The number of carboxylic acid groups (broad SMARTS) is 1. The van der Waals surface area contributed by atoms with Gasteiger partial charge >= 0.3 is 7.60 Å². The van der Waals surface area contributed by atoms with Gasteiger partial charge in [0.25, 0.3) is 0 Å². The van der Waals surface area contributed by atoms with Crippen LogP contribution >= 0.6 is 30.8 Å². The fourth-order valence-electron chi connectivity index (χ4n) is 1.75. The minimum absolute atomic E-state index is 0.225. The van der Waals surface area contributed by atoms with Crippen molar-refractivity contribution in [3.8, 4) is 11.5 Å². The van der Waals surface area contributed by atoms with Crippen molar-refractivity contribution in [1.82, 2.24) is 5.32 Å². The first kappa shape index (κ1) is 18.6. The number of carbonyl (C=O) groups excluding carboxylic acids is 1. The molecule has 2 aromatic carbocycles. The van der Waals surface area contributed by atoms with E-state index in [4.69, 9.17) is 32.2 Å². The number of carbonyl (C=O) groups is 1. The Hall–Kier alpha value is -1.72. The monoisotopic (exact) mass is 388 g/mol. The minimum atomic E-state index is -3.78. The van der Waals surface area contributed by atoms with Gasteiger partial charge in [-0.1, -0.05) is 35.3 Å². The van der Waals surface area contributed by atoms with Gasteiger partial charge in [-0.15, -0.1) is 0 Å². The molecule has 0 aliphatic rings. The van der Waals surface area contributed by atoms with Crippen LogP contribution in [0.4, 0.5) is 0 Å². The summed E-state index contributed by atoms with van der Waals surface area (Å²) in [7, 11) is -3.78. The first-order chi connectivity index (χ1) is 11.4. The van der Waals surface area contributed by atoms with Gasteiger partial charge in [0.1, 0.15) is 17.8 Å². The zero-order valence-corrected chi connectivity index (χ0v) is 14.7. The van der Waals surface area contributed by atoms with E-state index in [1.165, 1.54) is 12.1 Å². The normalized spacial score (nSPS) is 11.1. The van der Waals surface area contributed by atoms with E-state index in [-0.39, 0.29) is 17.8 Å². The van der Waals surface area contributed by atoms with E-state index in [1.54, 1.807) is 36.4 Å². The molecule has 0 aromatic heterocycles. The third-order valence-corrected chi connectivity index (χ3v) is 4.72. The highest BCUT2D eigenvalue weighted by Crippen LogP contribution is 2.48. The number of carboxylic acids is 1. The summed E-state index contributed by atoms with van der Waals surface area (Å²) in [5, 5.41) is 13.8. The van der Waals surface area contributed by atoms with Crippen molar-refractivity contribution < 1.29 is 23.5 Å². The average Bonchev–Trinajstić information content (AvgIpc) is 2.46. The lowest BCUT2D eigenvalue weighted by molar-refractivity contribution is -0.303. The Balaban J connectivity index is 2.19. The number of aliphatic carboxylic acids is 1. The summed E-state index contributed by atoms with van der Waals surface area (Å²) in [5.41, 5.74) is 0. The molecule has 0 atom stereocenters. The van der Waals surface area contributed by atoms with Crippen LogP contribution in [0, 0.1) is 0 Å². The lowest BCUT2D eigenvalue weighted by Gasteiger charge is -2.21. The maximum atomic E-state index is 12.9. The molecule has 2 aromatic rings. The topological polar surface area (TPSA) is 87.7 Å². The average molecular weight is 389 g/mol. The van der Waals surface area contributed by atoms with E-state index >= 15 is 0 Å². The van der Waals surface area contributed by atoms with Gasteiger partial charge in [-0.05, 0) is 36.4 Å². The summed E-state index contributed by atoms with van der Waals surface area (Å²) in [6.45, 7) is -0.498. The number of rotatable bonds is 8. The summed E-state index contributed by atoms with van der Waals surface area (Å²) in [6, 6.07) is 12.5. The van der Waals surface area contributed by atoms with Gasteiger partial charge in [0.05, 0.1) is 5.97 Å². The molecular weight excluding hydrogens is 376 g/mol. The van der Waals surface area contributed by atoms with E-state index in [1.807, 2.05) is 0 Å².